The van der Waals surface area contributed by atoms with Gasteiger partial charge in [-0.25, -0.2) is 14.4 Å². The van der Waals surface area contributed by atoms with Crippen LogP contribution in [0.1, 0.15) is 28.8 Å². The van der Waals surface area contributed by atoms with Gasteiger partial charge in [0.05, 0.1) is 29.6 Å². The van der Waals surface area contributed by atoms with E-state index in [4.69, 9.17) is 21.6 Å². The van der Waals surface area contributed by atoms with Crippen molar-refractivity contribution >= 4 is 40.6 Å². The summed E-state index contributed by atoms with van der Waals surface area (Å²) in [5.41, 5.74) is 3.46. The number of benzene rings is 2. The molecule has 0 unspecified atom stereocenters. The average molecular weight is 661 g/mol. The molecule has 0 radical (unpaired) electrons. The van der Waals surface area contributed by atoms with Crippen LogP contribution in [0.3, 0.4) is 0 Å². The Kier molecular flexibility index (Phi) is 9.53. The van der Waals surface area contributed by atoms with E-state index in [1.165, 1.54) is 6.07 Å². The molecule has 3 N–H and O–H groups in total. The molecule has 2 saturated heterocycles. The zero-order chi connectivity index (χ0) is 33.1. The number of rotatable bonds is 8. The first-order valence-corrected chi connectivity index (χ1v) is 15.8. The molecular formula is C33H34ClFN8O4. The summed E-state index contributed by atoms with van der Waals surface area (Å²) >= 11 is 6.35. The number of halogens is 2. The van der Waals surface area contributed by atoms with E-state index in [1.807, 2.05) is 13.0 Å². The van der Waals surface area contributed by atoms with Crippen molar-refractivity contribution in [2.45, 2.75) is 25.8 Å². The molecule has 4 aromatic rings. The largest absolute Gasteiger partial charge is 0.476 e. The first-order valence-electron chi connectivity index (χ1n) is 15.4. The molecule has 6 rings (SSSR count). The number of nitriles is 1. The van der Waals surface area contributed by atoms with Crippen LogP contribution >= 0.6 is 11.6 Å². The Labute approximate surface area is 275 Å². The van der Waals surface area contributed by atoms with Crippen LogP contribution in [-0.2, 0) is 4.79 Å². The van der Waals surface area contributed by atoms with E-state index in [0.29, 0.717) is 79.5 Å². The monoisotopic (exact) mass is 660 g/mol. The fourth-order valence-corrected chi connectivity index (χ4v) is 6.48. The van der Waals surface area contributed by atoms with Crippen molar-refractivity contribution in [1.29, 1.82) is 5.26 Å². The van der Waals surface area contributed by atoms with E-state index in [2.05, 4.69) is 20.6 Å². The van der Waals surface area contributed by atoms with Crippen LogP contribution in [0.2, 0.25) is 5.02 Å². The highest BCUT2D eigenvalue weighted by molar-refractivity contribution is 6.33. The lowest BCUT2D eigenvalue weighted by atomic mass is 9.93. The predicted molar refractivity (Wildman–Crippen MR) is 173 cm³/mol. The number of anilines is 2. The second-order valence-electron chi connectivity index (χ2n) is 11.6. The van der Waals surface area contributed by atoms with E-state index < -0.39 is 5.82 Å². The van der Waals surface area contributed by atoms with Crippen molar-refractivity contribution in [3.8, 4) is 23.1 Å². The lowest BCUT2D eigenvalue weighted by molar-refractivity contribution is -0.141. The summed E-state index contributed by atoms with van der Waals surface area (Å²) in [4.78, 5) is 39.2. The Morgan fingerprint density at radius 2 is 2.02 bits per heavy atom. The number of aromatic nitrogens is 3. The number of amides is 2. The third-order valence-corrected chi connectivity index (χ3v) is 9.11. The number of nitrogens with zero attached hydrogens (tertiary/aromatic N) is 6. The van der Waals surface area contributed by atoms with Gasteiger partial charge in [0, 0.05) is 67.8 Å². The number of piperidine rings is 1. The number of aryl methyl sites for hydroxylation is 1. The highest BCUT2D eigenvalue weighted by atomic mass is 35.5. The lowest BCUT2D eigenvalue weighted by Gasteiger charge is -2.39. The first-order chi connectivity index (χ1) is 22.8. The summed E-state index contributed by atoms with van der Waals surface area (Å²) in [7, 11) is 0. The summed E-state index contributed by atoms with van der Waals surface area (Å²) in [5, 5.41) is 24.8. The third-order valence-electron chi connectivity index (χ3n) is 8.74. The van der Waals surface area contributed by atoms with Crippen molar-refractivity contribution in [2.75, 3.05) is 51.3 Å². The Bertz CT molecular complexity index is 1850. The van der Waals surface area contributed by atoms with Crippen LogP contribution in [0.4, 0.5) is 15.9 Å². The zero-order valence-corrected chi connectivity index (χ0v) is 26.5. The van der Waals surface area contributed by atoms with Gasteiger partial charge >= 0.3 is 0 Å². The van der Waals surface area contributed by atoms with Crippen molar-refractivity contribution in [3.05, 3.63) is 70.9 Å². The van der Waals surface area contributed by atoms with Gasteiger partial charge in [-0.15, -0.1) is 0 Å². The van der Waals surface area contributed by atoms with Crippen molar-refractivity contribution in [3.63, 3.8) is 0 Å². The minimum absolute atomic E-state index is 0.0623. The number of fused-ring (bicyclic) bond motifs is 1. The molecule has 244 valence electrons. The van der Waals surface area contributed by atoms with Gasteiger partial charge in [0.2, 0.25) is 5.91 Å². The number of ether oxygens (including phenoxy) is 1. The minimum Gasteiger partial charge on any atom is -0.476 e. The number of aliphatic hydroxyl groups is 1. The van der Waals surface area contributed by atoms with E-state index >= 15 is 0 Å². The van der Waals surface area contributed by atoms with Gasteiger partial charge in [-0.3, -0.25) is 14.0 Å². The molecule has 0 aliphatic carbocycles. The van der Waals surface area contributed by atoms with E-state index in [9.17, 15) is 19.1 Å². The van der Waals surface area contributed by atoms with E-state index in [1.54, 1.807) is 57.1 Å². The molecule has 2 aliphatic rings. The molecule has 47 heavy (non-hydrogen) atoms. The third kappa shape index (κ3) is 6.44. The number of hydrogen-bond acceptors (Lipinski definition) is 9. The summed E-state index contributed by atoms with van der Waals surface area (Å²) in [6.45, 7) is 4.36. The highest BCUT2D eigenvalue weighted by Crippen LogP contribution is 2.36. The van der Waals surface area contributed by atoms with Crippen LogP contribution in [-0.4, -0.2) is 93.1 Å². The van der Waals surface area contributed by atoms with Crippen molar-refractivity contribution < 1.29 is 23.8 Å². The second kappa shape index (κ2) is 13.9. The number of likely N-dealkylation sites (tertiary alicyclic amines) is 1. The summed E-state index contributed by atoms with van der Waals surface area (Å²) < 4.78 is 21.7. The number of piperazine rings is 1. The lowest BCUT2D eigenvalue weighted by Crippen LogP contribution is -2.57. The summed E-state index contributed by atoms with van der Waals surface area (Å²) in [6, 6.07) is 10.1. The molecule has 1 atom stereocenters. The SMILES string of the molecule is Cc1cc(Nc2nccn3c(-c4ccc(OCC#N)c(F)c4Cl)cnc23)ccc1C(=O)N1CCC(C(=O)N2CCNC[C@H]2CO)CC1. The molecule has 0 bridgehead atoms. The average Bonchev–Trinajstić information content (AvgIpc) is 3.53. The fourth-order valence-electron chi connectivity index (χ4n) is 6.22. The molecule has 14 heteroatoms. The van der Waals surface area contributed by atoms with Crippen LogP contribution in [0.5, 0.6) is 5.75 Å². The molecule has 2 aliphatic heterocycles. The zero-order valence-electron chi connectivity index (χ0n) is 25.7. The van der Waals surface area contributed by atoms with Crippen LogP contribution in [0.15, 0.2) is 48.9 Å². The predicted octanol–water partition coefficient (Wildman–Crippen LogP) is 3.79. The number of carbonyl (C=O) groups is 2. The number of hydrogen-bond donors (Lipinski definition) is 3. The van der Waals surface area contributed by atoms with Crippen LogP contribution in [0.25, 0.3) is 16.9 Å². The smallest absolute Gasteiger partial charge is 0.254 e. The van der Waals surface area contributed by atoms with Gasteiger partial charge in [0.1, 0.15) is 6.07 Å². The number of nitrogens with one attached hydrogen (secondary N) is 2. The number of aliphatic hydroxyl groups excluding tert-OH is 1. The van der Waals surface area contributed by atoms with Gasteiger partial charge in [0.25, 0.3) is 5.91 Å². The summed E-state index contributed by atoms with van der Waals surface area (Å²) in [5.74, 6) is -0.611. The molecular weight excluding hydrogens is 627 g/mol. The molecule has 4 heterocycles. The fraction of sp³-hybridized carbons (Fsp3) is 0.364. The van der Waals surface area contributed by atoms with Crippen LogP contribution < -0.4 is 15.4 Å². The topological polar surface area (TPSA) is 148 Å². The Balaban J connectivity index is 1.13. The highest BCUT2D eigenvalue weighted by Gasteiger charge is 2.34. The molecule has 2 fully saturated rings. The Morgan fingerprint density at radius 3 is 2.77 bits per heavy atom. The number of imidazole rings is 1. The quantitative estimate of drug-likeness (QED) is 0.257. The van der Waals surface area contributed by atoms with Crippen molar-refractivity contribution in [1.82, 2.24) is 29.5 Å². The van der Waals surface area contributed by atoms with Gasteiger partial charge in [0.15, 0.2) is 29.6 Å². The van der Waals surface area contributed by atoms with Gasteiger partial charge < -0.3 is 30.3 Å². The molecule has 2 aromatic heterocycles. The van der Waals surface area contributed by atoms with E-state index in [0.717, 1.165) is 5.56 Å². The standard InChI is InChI=1S/C33H34ClFN8O4/c1-20-16-22(2-3-24(20)33(46)41-11-6-21(7-12-41)32(45)42-13-9-37-17-23(42)19-44)40-30-31-39-18-26(43(31)14-10-38-30)25-4-5-27(47-15-8-36)29(35)28(25)34/h2-5,10,14,16,18,21,23,37,44H,6-7,9,11-13,15,17,19H2,1H3,(H,38,40)/t23-/m0/s1. The number of carbonyl (C=O) groups excluding carboxylic acids is 2. The maximum absolute atomic E-state index is 14.9. The minimum atomic E-state index is -0.767. The molecule has 2 amide bonds. The first kappa shape index (κ1) is 32.2. The van der Waals surface area contributed by atoms with Crippen molar-refractivity contribution in [2.24, 2.45) is 5.92 Å². The Hall–Kier alpha value is -4.77. The van der Waals surface area contributed by atoms with Crippen LogP contribution in [0, 0.1) is 30.0 Å². The maximum atomic E-state index is 14.9. The molecule has 0 spiro atoms. The second-order valence-corrected chi connectivity index (χ2v) is 12.0. The normalized spacial score (nSPS) is 17.0. The van der Waals surface area contributed by atoms with Gasteiger partial charge in [-0.2, -0.15) is 5.26 Å². The molecule has 12 nitrogen and oxygen atoms in total. The Morgan fingerprint density at radius 1 is 1.21 bits per heavy atom. The van der Waals surface area contributed by atoms with E-state index in [-0.39, 0.29) is 47.8 Å². The van der Waals surface area contributed by atoms with Gasteiger partial charge in [-0.1, -0.05) is 11.6 Å². The maximum Gasteiger partial charge on any atom is 0.254 e. The molecule has 2 aromatic carbocycles. The molecule has 0 saturated carbocycles. The van der Waals surface area contributed by atoms with Gasteiger partial charge in [-0.05, 0) is 55.7 Å². The summed E-state index contributed by atoms with van der Waals surface area (Å²) in [6.07, 6.45) is 6.02.